The van der Waals surface area contributed by atoms with E-state index in [4.69, 9.17) is 11.6 Å². The molecule has 3 aromatic carbocycles. The molecular weight excluding hydrogens is 457 g/mol. The molecule has 0 spiro atoms. The summed E-state index contributed by atoms with van der Waals surface area (Å²) in [5.74, 6) is -1.27. The number of nitrogens with one attached hydrogen (secondary N) is 1. The quantitative estimate of drug-likeness (QED) is 0.406. The van der Waals surface area contributed by atoms with Crippen LogP contribution in [0.5, 0.6) is 0 Å². The van der Waals surface area contributed by atoms with Gasteiger partial charge in [-0.15, -0.1) is 5.10 Å². The van der Waals surface area contributed by atoms with Crippen LogP contribution in [0.4, 0.5) is 10.1 Å². The van der Waals surface area contributed by atoms with Gasteiger partial charge in [0.05, 0.1) is 17.6 Å². The number of nitrogens with zero attached hydrogens (tertiary/aromatic N) is 4. The molecule has 0 bridgehead atoms. The molecule has 0 fully saturated rings. The summed E-state index contributed by atoms with van der Waals surface area (Å²) in [7, 11) is 0. The summed E-state index contributed by atoms with van der Waals surface area (Å²) < 4.78 is 16.8. The summed E-state index contributed by atoms with van der Waals surface area (Å²) >= 11 is 6.00. The van der Waals surface area contributed by atoms with E-state index in [1.807, 2.05) is 37.3 Å². The molecule has 9 heteroatoms. The maximum absolute atomic E-state index is 13.9. The first-order valence-corrected chi connectivity index (χ1v) is 10.9. The van der Waals surface area contributed by atoms with Crippen molar-refractivity contribution in [3.05, 3.63) is 104 Å². The van der Waals surface area contributed by atoms with Gasteiger partial charge in [0.25, 0.3) is 11.5 Å². The number of aromatic nitrogens is 4. The van der Waals surface area contributed by atoms with Gasteiger partial charge < -0.3 is 5.32 Å². The molecule has 0 saturated carbocycles. The van der Waals surface area contributed by atoms with Gasteiger partial charge in [-0.3, -0.25) is 14.2 Å². The van der Waals surface area contributed by atoms with Gasteiger partial charge in [-0.1, -0.05) is 35.9 Å². The first-order valence-electron chi connectivity index (χ1n) is 10.5. The van der Waals surface area contributed by atoms with Crippen LogP contribution in [-0.4, -0.2) is 25.1 Å². The Hall–Kier alpha value is -4.04. The van der Waals surface area contributed by atoms with E-state index in [9.17, 15) is 14.0 Å². The predicted octanol–water partition coefficient (Wildman–Crippen LogP) is 4.75. The fourth-order valence-corrected chi connectivity index (χ4v) is 3.89. The first-order chi connectivity index (χ1) is 16.3. The summed E-state index contributed by atoms with van der Waals surface area (Å²) in [4.78, 5) is 30.5. The second-order valence-corrected chi connectivity index (χ2v) is 8.54. The molecule has 0 saturated heterocycles. The lowest BCUT2D eigenvalue weighted by Gasteiger charge is -2.12. The second-order valence-electron chi connectivity index (χ2n) is 8.10. The smallest absolute Gasteiger partial charge is 0.296 e. The molecule has 0 atom stereocenters. The third kappa shape index (κ3) is 3.92. The summed E-state index contributed by atoms with van der Waals surface area (Å²) in [5.41, 5.74) is 3.51. The van der Waals surface area contributed by atoms with Crippen LogP contribution in [0.15, 0.2) is 65.5 Å². The van der Waals surface area contributed by atoms with Crippen LogP contribution in [0, 0.1) is 19.7 Å². The Morgan fingerprint density at radius 2 is 1.79 bits per heavy atom. The Kier molecular flexibility index (Phi) is 5.37. The maximum Gasteiger partial charge on any atom is 0.296 e. The third-order valence-corrected chi connectivity index (χ3v) is 5.83. The molecule has 0 radical (unpaired) electrons. The van der Waals surface area contributed by atoms with E-state index < -0.39 is 11.7 Å². The van der Waals surface area contributed by atoms with Gasteiger partial charge in [-0.25, -0.2) is 8.91 Å². The van der Waals surface area contributed by atoms with Crippen LogP contribution >= 0.6 is 11.6 Å². The highest BCUT2D eigenvalue weighted by Crippen LogP contribution is 2.19. The molecular formula is C25H19ClFN5O2. The molecule has 34 heavy (non-hydrogen) atoms. The number of benzene rings is 3. The molecule has 0 aliphatic heterocycles. The Bertz CT molecular complexity index is 1640. The fourth-order valence-electron chi connectivity index (χ4n) is 3.76. The van der Waals surface area contributed by atoms with Gasteiger partial charge in [-0.05, 0) is 66.9 Å². The lowest BCUT2D eigenvalue weighted by molar-refractivity contribution is 0.101. The van der Waals surface area contributed by atoms with Crippen molar-refractivity contribution >= 4 is 39.9 Å². The maximum atomic E-state index is 13.9. The van der Waals surface area contributed by atoms with E-state index in [2.05, 4.69) is 15.4 Å². The van der Waals surface area contributed by atoms with E-state index in [0.717, 1.165) is 11.1 Å². The molecule has 0 aliphatic rings. The monoisotopic (exact) mass is 475 g/mol. The average Bonchev–Trinajstić information content (AvgIpc) is 3.26. The highest BCUT2D eigenvalue weighted by molar-refractivity contribution is 6.30. The van der Waals surface area contributed by atoms with E-state index in [1.54, 1.807) is 35.8 Å². The van der Waals surface area contributed by atoms with Crippen LogP contribution in [0.25, 0.3) is 16.7 Å². The number of aryl methyl sites for hydroxylation is 2. The van der Waals surface area contributed by atoms with E-state index in [1.165, 1.54) is 10.6 Å². The van der Waals surface area contributed by atoms with E-state index in [-0.39, 0.29) is 22.7 Å². The Morgan fingerprint density at radius 3 is 2.53 bits per heavy atom. The zero-order chi connectivity index (χ0) is 24.0. The lowest BCUT2D eigenvalue weighted by Crippen LogP contribution is -2.24. The van der Waals surface area contributed by atoms with Gasteiger partial charge in [0.15, 0.2) is 0 Å². The number of rotatable bonds is 4. The van der Waals surface area contributed by atoms with Crippen molar-refractivity contribution in [2.75, 3.05) is 5.32 Å². The Balaban J connectivity index is 1.62. The van der Waals surface area contributed by atoms with Crippen molar-refractivity contribution in [3.63, 3.8) is 0 Å². The number of halogens is 2. The second kappa shape index (κ2) is 8.39. The number of hydrogen-bond acceptors (Lipinski definition) is 4. The third-order valence-electron chi connectivity index (χ3n) is 5.58. The predicted molar refractivity (Wildman–Crippen MR) is 129 cm³/mol. The molecule has 0 unspecified atom stereocenters. The molecule has 1 N–H and O–H groups in total. The van der Waals surface area contributed by atoms with Gasteiger partial charge >= 0.3 is 0 Å². The van der Waals surface area contributed by atoms with Crippen molar-refractivity contribution in [2.45, 2.75) is 20.4 Å². The van der Waals surface area contributed by atoms with Crippen molar-refractivity contribution in [2.24, 2.45) is 0 Å². The number of carbonyl (C=O) groups is 1. The standard InChI is InChI=1S/C25H19ClFN5O2/c1-14-3-10-20-21(11-14)31(13-16-5-7-17(26)8-6-16)25(34)23-29-22(30-32(20)23)24(33)28-18-9-4-15(2)19(27)12-18/h3-12H,13H2,1-2H3,(H,28,33). The van der Waals surface area contributed by atoms with Gasteiger partial charge in [-0.2, -0.15) is 4.98 Å². The van der Waals surface area contributed by atoms with Crippen molar-refractivity contribution < 1.29 is 9.18 Å². The molecule has 5 aromatic rings. The normalized spacial score (nSPS) is 11.3. The number of hydrogen-bond donors (Lipinski definition) is 1. The zero-order valence-corrected chi connectivity index (χ0v) is 19.1. The van der Waals surface area contributed by atoms with Crippen molar-refractivity contribution in [3.8, 4) is 0 Å². The number of anilines is 1. The molecule has 1 amide bonds. The number of fused-ring (bicyclic) bond motifs is 3. The van der Waals surface area contributed by atoms with Gasteiger partial charge in [0.1, 0.15) is 5.82 Å². The highest BCUT2D eigenvalue weighted by atomic mass is 35.5. The summed E-state index contributed by atoms with van der Waals surface area (Å²) in [5, 5.41) is 7.49. The van der Waals surface area contributed by atoms with E-state index >= 15 is 0 Å². The van der Waals surface area contributed by atoms with Crippen LogP contribution < -0.4 is 10.9 Å². The van der Waals surface area contributed by atoms with Crippen molar-refractivity contribution in [1.82, 2.24) is 19.2 Å². The minimum absolute atomic E-state index is 0.0190. The molecule has 2 heterocycles. The van der Waals surface area contributed by atoms with Crippen LogP contribution in [0.3, 0.4) is 0 Å². The van der Waals surface area contributed by atoms with Gasteiger partial charge in [0.2, 0.25) is 11.5 Å². The van der Waals surface area contributed by atoms with Crippen LogP contribution in [0.1, 0.15) is 27.3 Å². The largest absolute Gasteiger partial charge is 0.319 e. The number of carbonyl (C=O) groups excluding carboxylic acids is 1. The number of amides is 1. The molecule has 0 aliphatic carbocycles. The lowest BCUT2D eigenvalue weighted by atomic mass is 10.2. The first kappa shape index (κ1) is 21.8. The molecule has 170 valence electrons. The Morgan fingerprint density at radius 1 is 1.03 bits per heavy atom. The molecule has 2 aromatic heterocycles. The summed E-state index contributed by atoms with van der Waals surface area (Å²) in [6.07, 6.45) is 0. The van der Waals surface area contributed by atoms with E-state index in [0.29, 0.717) is 28.2 Å². The zero-order valence-electron chi connectivity index (χ0n) is 18.3. The SMILES string of the molecule is Cc1ccc2c(c1)n(Cc1ccc(Cl)cc1)c(=O)c1nc(C(=O)Nc3ccc(C)c(F)c3)nn12. The summed E-state index contributed by atoms with van der Waals surface area (Å²) in [6.45, 7) is 3.86. The minimum atomic E-state index is -0.643. The summed E-state index contributed by atoms with van der Waals surface area (Å²) in [6, 6.07) is 17.2. The van der Waals surface area contributed by atoms with Crippen LogP contribution in [-0.2, 0) is 6.54 Å². The van der Waals surface area contributed by atoms with Gasteiger partial charge in [0, 0.05) is 10.7 Å². The average molecular weight is 476 g/mol. The topological polar surface area (TPSA) is 81.3 Å². The van der Waals surface area contributed by atoms with Crippen LogP contribution in [0.2, 0.25) is 5.02 Å². The Labute approximate surface area is 198 Å². The fraction of sp³-hybridized carbons (Fsp3) is 0.120. The molecule has 5 rings (SSSR count). The molecule has 7 nitrogen and oxygen atoms in total. The minimum Gasteiger partial charge on any atom is -0.319 e. The van der Waals surface area contributed by atoms with Crippen molar-refractivity contribution in [1.29, 1.82) is 0 Å². The highest BCUT2D eigenvalue weighted by Gasteiger charge is 2.20.